The molecule has 0 spiro atoms. The van der Waals surface area contributed by atoms with E-state index in [4.69, 9.17) is 0 Å². The minimum Gasteiger partial charge on any atom is -0.350 e. The molecule has 1 amide bonds. The van der Waals surface area contributed by atoms with E-state index in [2.05, 4.69) is 26.1 Å². The van der Waals surface area contributed by atoms with Gasteiger partial charge in [-0.25, -0.2) is 17.2 Å². The van der Waals surface area contributed by atoms with Gasteiger partial charge in [0.1, 0.15) is 0 Å². The van der Waals surface area contributed by atoms with Crippen LogP contribution in [-0.4, -0.2) is 27.1 Å². The summed E-state index contributed by atoms with van der Waals surface area (Å²) in [7, 11) is -3.72. The Hall–Kier alpha value is -2.48. The first-order valence-corrected chi connectivity index (χ1v) is 12.0. The highest BCUT2D eigenvalue weighted by Gasteiger charge is 2.20. The van der Waals surface area contributed by atoms with Crippen LogP contribution >= 0.6 is 0 Å². The maximum atomic E-state index is 13.5. The third kappa shape index (κ3) is 7.02. The van der Waals surface area contributed by atoms with Gasteiger partial charge in [0.2, 0.25) is 15.9 Å². The van der Waals surface area contributed by atoms with E-state index in [1.165, 1.54) is 11.6 Å². The van der Waals surface area contributed by atoms with Gasteiger partial charge >= 0.3 is 0 Å². The zero-order valence-electron chi connectivity index (χ0n) is 18.6. The lowest BCUT2D eigenvalue weighted by molar-refractivity contribution is -0.121. The summed E-state index contributed by atoms with van der Waals surface area (Å²) in [6, 6.07) is 10.8. The van der Waals surface area contributed by atoms with E-state index >= 15 is 0 Å². The highest BCUT2D eigenvalue weighted by Crippen LogP contribution is 2.24. The van der Waals surface area contributed by atoms with Crippen molar-refractivity contribution in [2.75, 3.05) is 17.1 Å². The molecule has 0 aromatic heterocycles. The van der Waals surface area contributed by atoms with Gasteiger partial charge in [-0.15, -0.1) is 0 Å². The minimum absolute atomic E-state index is 0.0218. The Labute approximate surface area is 183 Å². The Bertz CT molecular complexity index is 1020. The summed E-state index contributed by atoms with van der Waals surface area (Å²) in [5, 5.41) is 2.91. The topological polar surface area (TPSA) is 66.5 Å². The molecule has 0 aliphatic rings. The third-order valence-electron chi connectivity index (χ3n) is 5.01. The number of amides is 1. The number of hydrogen-bond donors (Lipinski definition) is 1. The predicted molar refractivity (Wildman–Crippen MR) is 119 cm³/mol. The maximum Gasteiger partial charge on any atom is 0.232 e. The zero-order valence-corrected chi connectivity index (χ0v) is 19.4. The molecule has 1 unspecified atom stereocenters. The Kier molecular flexibility index (Phi) is 7.81. The van der Waals surface area contributed by atoms with Gasteiger partial charge in [0.15, 0.2) is 11.6 Å². The zero-order chi connectivity index (χ0) is 23.4. The second-order valence-corrected chi connectivity index (χ2v) is 10.6. The van der Waals surface area contributed by atoms with E-state index in [0.717, 1.165) is 28.3 Å². The fourth-order valence-corrected chi connectivity index (χ4v) is 4.14. The van der Waals surface area contributed by atoms with Crippen molar-refractivity contribution in [1.29, 1.82) is 0 Å². The van der Waals surface area contributed by atoms with Crippen molar-refractivity contribution in [3.05, 3.63) is 65.2 Å². The molecule has 1 N–H and O–H groups in total. The SMILES string of the molecule is CC(NC(=O)CCCN(c1ccc(F)c(F)c1)S(C)(=O)=O)c1ccc(C(C)(C)C)cc1. The van der Waals surface area contributed by atoms with Crippen LogP contribution in [0.4, 0.5) is 14.5 Å². The second-order valence-electron chi connectivity index (χ2n) is 8.70. The number of halogens is 2. The van der Waals surface area contributed by atoms with Crippen LogP contribution in [0.1, 0.15) is 57.7 Å². The van der Waals surface area contributed by atoms with Gasteiger partial charge in [0.25, 0.3) is 0 Å². The van der Waals surface area contributed by atoms with Crippen molar-refractivity contribution in [3.8, 4) is 0 Å². The van der Waals surface area contributed by atoms with Crippen LogP contribution in [0.3, 0.4) is 0 Å². The summed E-state index contributed by atoms with van der Waals surface area (Å²) in [4.78, 5) is 12.3. The average Bonchev–Trinajstić information content (AvgIpc) is 2.66. The van der Waals surface area contributed by atoms with Crippen molar-refractivity contribution in [3.63, 3.8) is 0 Å². The second kappa shape index (κ2) is 9.77. The molecule has 0 saturated heterocycles. The van der Waals surface area contributed by atoms with Crippen LogP contribution in [-0.2, 0) is 20.2 Å². The minimum atomic E-state index is -3.72. The fraction of sp³-hybridized carbons (Fsp3) is 0.435. The van der Waals surface area contributed by atoms with Crippen molar-refractivity contribution >= 4 is 21.6 Å². The lowest BCUT2D eigenvalue weighted by Gasteiger charge is -2.23. The molecule has 0 heterocycles. The third-order valence-corrected chi connectivity index (χ3v) is 6.20. The fourth-order valence-electron chi connectivity index (χ4n) is 3.18. The molecule has 0 fully saturated rings. The maximum absolute atomic E-state index is 13.5. The van der Waals surface area contributed by atoms with E-state index in [0.29, 0.717) is 0 Å². The van der Waals surface area contributed by atoms with Crippen LogP contribution in [0.25, 0.3) is 0 Å². The first kappa shape index (κ1) is 24.8. The summed E-state index contributed by atoms with van der Waals surface area (Å²) < 4.78 is 51.8. The molecule has 170 valence electrons. The van der Waals surface area contributed by atoms with Gasteiger partial charge in [-0.2, -0.15) is 0 Å². The molecule has 0 bridgehead atoms. The monoisotopic (exact) mass is 452 g/mol. The quantitative estimate of drug-likeness (QED) is 0.632. The van der Waals surface area contributed by atoms with Gasteiger partial charge in [-0.3, -0.25) is 9.10 Å². The highest BCUT2D eigenvalue weighted by atomic mass is 32.2. The van der Waals surface area contributed by atoms with Gasteiger partial charge in [0, 0.05) is 19.0 Å². The molecule has 8 heteroatoms. The predicted octanol–water partition coefficient (Wildman–Crippen LogP) is 4.69. The van der Waals surface area contributed by atoms with Crippen LogP contribution in [0.15, 0.2) is 42.5 Å². The molecule has 0 aliphatic heterocycles. The van der Waals surface area contributed by atoms with Gasteiger partial charge in [0.05, 0.1) is 18.0 Å². The van der Waals surface area contributed by atoms with Gasteiger partial charge < -0.3 is 5.32 Å². The summed E-state index contributed by atoms with van der Waals surface area (Å²) in [5.41, 5.74) is 2.24. The van der Waals surface area contributed by atoms with E-state index in [1.54, 1.807) is 0 Å². The molecular formula is C23H30F2N2O3S. The number of carbonyl (C=O) groups excluding carboxylic acids is 1. The Morgan fingerprint density at radius 2 is 1.68 bits per heavy atom. The van der Waals surface area contributed by atoms with Gasteiger partial charge in [-0.1, -0.05) is 45.0 Å². The van der Waals surface area contributed by atoms with E-state index < -0.39 is 21.7 Å². The highest BCUT2D eigenvalue weighted by molar-refractivity contribution is 7.92. The molecule has 1 atom stereocenters. The lowest BCUT2D eigenvalue weighted by atomic mass is 9.86. The van der Waals surface area contributed by atoms with Crippen molar-refractivity contribution in [2.45, 2.75) is 52.0 Å². The number of benzene rings is 2. The normalized spacial score (nSPS) is 13.0. The molecule has 2 aromatic rings. The Morgan fingerprint density at radius 1 is 1.06 bits per heavy atom. The number of hydrogen-bond acceptors (Lipinski definition) is 3. The Morgan fingerprint density at radius 3 is 2.19 bits per heavy atom. The molecule has 5 nitrogen and oxygen atoms in total. The number of nitrogens with zero attached hydrogens (tertiary/aromatic N) is 1. The first-order valence-electron chi connectivity index (χ1n) is 10.1. The van der Waals surface area contributed by atoms with E-state index in [-0.39, 0.29) is 42.4 Å². The van der Waals surface area contributed by atoms with Crippen molar-refractivity contribution < 1.29 is 22.0 Å². The summed E-state index contributed by atoms with van der Waals surface area (Å²) in [6.07, 6.45) is 1.31. The van der Waals surface area contributed by atoms with Gasteiger partial charge in [-0.05, 0) is 42.0 Å². The average molecular weight is 453 g/mol. The van der Waals surface area contributed by atoms with Crippen LogP contribution in [0.2, 0.25) is 0 Å². The molecule has 2 aromatic carbocycles. The number of nitrogens with one attached hydrogen (secondary N) is 1. The lowest BCUT2D eigenvalue weighted by Crippen LogP contribution is -2.32. The summed E-state index contributed by atoms with van der Waals surface area (Å²) in [5.74, 6) is -2.40. The number of rotatable bonds is 8. The molecule has 31 heavy (non-hydrogen) atoms. The van der Waals surface area contributed by atoms with E-state index in [9.17, 15) is 22.0 Å². The Balaban J connectivity index is 1.95. The van der Waals surface area contributed by atoms with Crippen LogP contribution in [0.5, 0.6) is 0 Å². The number of sulfonamides is 1. The standard InChI is InChI=1S/C23H30F2N2O3S/c1-16(17-8-10-18(11-9-17)23(2,3)4)26-22(28)7-6-14-27(31(5,29)30)19-12-13-20(24)21(25)15-19/h8-13,15-16H,6-7,14H2,1-5H3,(H,26,28). The van der Waals surface area contributed by atoms with Crippen LogP contribution < -0.4 is 9.62 Å². The van der Waals surface area contributed by atoms with E-state index in [1.807, 2.05) is 31.2 Å². The molecule has 2 rings (SSSR count). The van der Waals surface area contributed by atoms with Crippen molar-refractivity contribution in [1.82, 2.24) is 5.32 Å². The number of anilines is 1. The molecule has 0 aliphatic carbocycles. The summed E-state index contributed by atoms with van der Waals surface area (Å²) >= 11 is 0. The van der Waals surface area contributed by atoms with Crippen LogP contribution in [0, 0.1) is 11.6 Å². The smallest absolute Gasteiger partial charge is 0.232 e. The van der Waals surface area contributed by atoms with Crippen molar-refractivity contribution in [2.24, 2.45) is 0 Å². The first-order chi connectivity index (χ1) is 14.3. The summed E-state index contributed by atoms with van der Waals surface area (Å²) in [6.45, 7) is 8.26. The molecule has 0 radical (unpaired) electrons. The molecule has 0 saturated carbocycles. The molecular weight excluding hydrogens is 422 g/mol. The largest absolute Gasteiger partial charge is 0.350 e. The number of carbonyl (C=O) groups is 1.